The Kier molecular flexibility index (Phi) is 5.05. The van der Waals surface area contributed by atoms with Crippen LogP contribution in [0.15, 0.2) is 12.2 Å². The molecule has 0 saturated heterocycles. The van der Waals surface area contributed by atoms with Crippen molar-refractivity contribution in [3.8, 4) is 0 Å². The summed E-state index contributed by atoms with van der Waals surface area (Å²) in [5.41, 5.74) is 0.00726. The van der Waals surface area contributed by atoms with Gasteiger partial charge in [0.25, 0.3) is 0 Å². The van der Waals surface area contributed by atoms with Crippen LogP contribution in [0.1, 0.15) is 34.1 Å². The first-order valence-electron chi connectivity index (χ1n) is 4.88. The molecule has 86 valence electrons. The summed E-state index contributed by atoms with van der Waals surface area (Å²) in [4.78, 5) is 22.0. The molecule has 0 atom stereocenters. The SMILES string of the molecule is C=C(CCNC(=O)OC(C)(C)C)C(C)=O. The maximum Gasteiger partial charge on any atom is 0.407 e. The van der Waals surface area contributed by atoms with Crippen LogP contribution < -0.4 is 5.32 Å². The molecule has 0 saturated carbocycles. The molecular formula is C11H19NO3. The standard InChI is InChI=1S/C11H19NO3/c1-8(9(2)13)6-7-12-10(14)15-11(3,4)5/h1,6-7H2,2-5H3,(H,12,14). The predicted molar refractivity (Wildman–Crippen MR) is 58.7 cm³/mol. The molecule has 15 heavy (non-hydrogen) atoms. The molecular weight excluding hydrogens is 194 g/mol. The average Bonchev–Trinajstić information content (AvgIpc) is 2.00. The fourth-order valence-electron chi connectivity index (χ4n) is 0.806. The molecule has 0 aromatic rings. The predicted octanol–water partition coefficient (Wildman–Crippen LogP) is 2.05. The van der Waals surface area contributed by atoms with Crippen LogP contribution in [-0.2, 0) is 9.53 Å². The highest BCUT2D eigenvalue weighted by Crippen LogP contribution is 2.06. The number of carbonyl (C=O) groups excluding carboxylic acids is 2. The Labute approximate surface area is 90.7 Å². The van der Waals surface area contributed by atoms with Crippen LogP contribution in [0.4, 0.5) is 4.79 Å². The maximum absolute atomic E-state index is 11.2. The fourth-order valence-corrected chi connectivity index (χ4v) is 0.806. The summed E-state index contributed by atoms with van der Waals surface area (Å²) in [7, 11) is 0. The molecule has 0 heterocycles. The van der Waals surface area contributed by atoms with Crippen LogP contribution in [0.25, 0.3) is 0 Å². The van der Waals surface area contributed by atoms with Crippen LogP contribution in [0.5, 0.6) is 0 Å². The third-order valence-corrected chi connectivity index (χ3v) is 1.59. The first kappa shape index (κ1) is 13.7. The van der Waals surface area contributed by atoms with Gasteiger partial charge in [0.2, 0.25) is 0 Å². The second kappa shape index (κ2) is 5.53. The summed E-state index contributed by atoms with van der Waals surface area (Å²) in [5, 5.41) is 2.55. The van der Waals surface area contributed by atoms with Crippen LogP contribution in [-0.4, -0.2) is 24.0 Å². The van der Waals surface area contributed by atoms with Gasteiger partial charge in [-0.2, -0.15) is 0 Å². The highest BCUT2D eigenvalue weighted by atomic mass is 16.6. The third kappa shape index (κ3) is 7.73. The van der Waals surface area contributed by atoms with Crippen molar-refractivity contribution in [2.45, 2.75) is 39.7 Å². The van der Waals surface area contributed by atoms with Crippen molar-refractivity contribution in [1.82, 2.24) is 5.32 Å². The molecule has 0 aromatic heterocycles. The van der Waals surface area contributed by atoms with Crippen molar-refractivity contribution in [3.05, 3.63) is 12.2 Å². The van der Waals surface area contributed by atoms with E-state index < -0.39 is 11.7 Å². The highest BCUT2D eigenvalue weighted by Gasteiger charge is 2.15. The van der Waals surface area contributed by atoms with Crippen molar-refractivity contribution in [3.63, 3.8) is 0 Å². The second-order valence-corrected chi connectivity index (χ2v) is 4.34. The number of Topliss-reactive ketones (excluding diaryl/α,β-unsaturated/α-hetero) is 1. The molecule has 1 N–H and O–H groups in total. The van der Waals surface area contributed by atoms with E-state index >= 15 is 0 Å². The van der Waals surface area contributed by atoms with E-state index in [0.29, 0.717) is 18.5 Å². The van der Waals surface area contributed by atoms with E-state index in [2.05, 4.69) is 11.9 Å². The Morgan fingerprint density at radius 1 is 1.33 bits per heavy atom. The van der Waals surface area contributed by atoms with Crippen molar-refractivity contribution in [2.75, 3.05) is 6.54 Å². The molecule has 4 heteroatoms. The van der Waals surface area contributed by atoms with Gasteiger partial charge in [0.05, 0.1) is 0 Å². The maximum atomic E-state index is 11.2. The molecule has 0 aliphatic rings. The van der Waals surface area contributed by atoms with Crippen molar-refractivity contribution in [1.29, 1.82) is 0 Å². The van der Waals surface area contributed by atoms with Gasteiger partial charge < -0.3 is 10.1 Å². The minimum atomic E-state index is -0.498. The first-order valence-corrected chi connectivity index (χ1v) is 4.88. The zero-order valence-electron chi connectivity index (χ0n) is 9.85. The van der Waals surface area contributed by atoms with Crippen LogP contribution >= 0.6 is 0 Å². The van der Waals surface area contributed by atoms with Gasteiger partial charge in [-0.15, -0.1) is 0 Å². The van der Waals surface area contributed by atoms with E-state index in [1.807, 2.05) is 0 Å². The largest absolute Gasteiger partial charge is 0.444 e. The summed E-state index contributed by atoms with van der Waals surface area (Å²) in [6.07, 6.45) is -0.0203. The first-order chi connectivity index (χ1) is 6.72. The minimum absolute atomic E-state index is 0.0546. The lowest BCUT2D eigenvalue weighted by atomic mass is 10.1. The Balaban J connectivity index is 3.74. The number of hydrogen-bond donors (Lipinski definition) is 1. The van der Waals surface area contributed by atoms with Gasteiger partial charge in [0.1, 0.15) is 5.60 Å². The second-order valence-electron chi connectivity index (χ2n) is 4.34. The lowest BCUT2D eigenvalue weighted by Crippen LogP contribution is -2.33. The van der Waals surface area contributed by atoms with E-state index in [1.165, 1.54) is 6.92 Å². The van der Waals surface area contributed by atoms with Crippen molar-refractivity contribution in [2.24, 2.45) is 0 Å². The molecule has 0 radical (unpaired) electrons. The van der Waals surface area contributed by atoms with Gasteiger partial charge in [-0.05, 0) is 39.7 Å². The number of nitrogens with one attached hydrogen (secondary N) is 1. The summed E-state index contributed by atoms with van der Waals surface area (Å²) < 4.78 is 5.02. The van der Waals surface area contributed by atoms with Gasteiger partial charge in [-0.3, -0.25) is 4.79 Å². The average molecular weight is 213 g/mol. The quantitative estimate of drug-likeness (QED) is 0.727. The van der Waals surface area contributed by atoms with Crippen molar-refractivity contribution >= 4 is 11.9 Å². The van der Waals surface area contributed by atoms with Gasteiger partial charge in [0, 0.05) is 6.54 Å². The number of carbonyl (C=O) groups is 2. The van der Waals surface area contributed by atoms with E-state index in [1.54, 1.807) is 20.8 Å². The molecule has 1 amide bonds. The molecule has 0 spiro atoms. The number of amides is 1. The van der Waals surface area contributed by atoms with Crippen LogP contribution in [0.3, 0.4) is 0 Å². The number of rotatable bonds is 4. The Morgan fingerprint density at radius 2 is 1.87 bits per heavy atom. The van der Waals surface area contributed by atoms with Gasteiger partial charge in [-0.25, -0.2) is 4.79 Å². The smallest absolute Gasteiger partial charge is 0.407 e. The minimum Gasteiger partial charge on any atom is -0.444 e. The lowest BCUT2D eigenvalue weighted by molar-refractivity contribution is -0.113. The molecule has 0 aromatic carbocycles. The van der Waals surface area contributed by atoms with Gasteiger partial charge in [0.15, 0.2) is 5.78 Å². The third-order valence-electron chi connectivity index (χ3n) is 1.59. The molecule has 0 aliphatic heterocycles. The monoisotopic (exact) mass is 213 g/mol. The number of alkyl carbamates (subject to hydrolysis) is 1. The van der Waals surface area contributed by atoms with E-state index in [-0.39, 0.29) is 5.78 Å². The topological polar surface area (TPSA) is 55.4 Å². The molecule has 0 aliphatic carbocycles. The van der Waals surface area contributed by atoms with E-state index in [4.69, 9.17) is 4.74 Å². The number of ketones is 1. The lowest BCUT2D eigenvalue weighted by Gasteiger charge is -2.19. The van der Waals surface area contributed by atoms with Gasteiger partial charge >= 0.3 is 6.09 Å². The zero-order chi connectivity index (χ0) is 12.1. The Bertz CT molecular complexity index is 263. The van der Waals surface area contributed by atoms with Gasteiger partial charge in [-0.1, -0.05) is 6.58 Å². The number of ether oxygens (including phenoxy) is 1. The van der Waals surface area contributed by atoms with E-state index in [9.17, 15) is 9.59 Å². The van der Waals surface area contributed by atoms with Crippen LogP contribution in [0, 0.1) is 0 Å². The van der Waals surface area contributed by atoms with Crippen molar-refractivity contribution < 1.29 is 14.3 Å². The molecule has 0 bridgehead atoms. The molecule has 0 unspecified atom stereocenters. The summed E-state index contributed by atoms with van der Waals surface area (Å²) in [5.74, 6) is -0.0546. The highest BCUT2D eigenvalue weighted by molar-refractivity contribution is 5.92. The van der Waals surface area contributed by atoms with Crippen LogP contribution in [0.2, 0.25) is 0 Å². The zero-order valence-corrected chi connectivity index (χ0v) is 9.85. The Morgan fingerprint density at radius 3 is 2.27 bits per heavy atom. The molecule has 4 nitrogen and oxygen atoms in total. The van der Waals surface area contributed by atoms with E-state index in [0.717, 1.165) is 0 Å². The normalized spacial score (nSPS) is 10.7. The molecule has 0 rings (SSSR count). The fraction of sp³-hybridized carbons (Fsp3) is 0.636. The molecule has 0 fully saturated rings. The number of hydrogen-bond acceptors (Lipinski definition) is 3. The summed E-state index contributed by atoms with van der Waals surface area (Å²) >= 11 is 0. The summed E-state index contributed by atoms with van der Waals surface area (Å²) in [6, 6.07) is 0. The Hall–Kier alpha value is -1.32. The summed E-state index contributed by atoms with van der Waals surface area (Å²) in [6.45, 7) is 10.8.